The van der Waals surface area contributed by atoms with Crippen molar-refractivity contribution in [3.63, 3.8) is 0 Å². The number of aryl methyl sites for hydroxylation is 2. The van der Waals surface area contributed by atoms with Gasteiger partial charge in [-0.25, -0.2) is 9.78 Å². The molecule has 0 aliphatic heterocycles. The third-order valence-corrected chi connectivity index (χ3v) is 4.11. The summed E-state index contributed by atoms with van der Waals surface area (Å²) < 4.78 is 0. The highest BCUT2D eigenvalue weighted by Crippen LogP contribution is 2.25. The number of carbonyl (C=O) groups is 1. The van der Waals surface area contributed by atoms with E-state index in [-0.39, 0.29) is 6.03 Å². The molecule has 1 heterocycles. The van der Waals surface area contributed by atoms with Crippen LogP contribution in [0, 0.1) is 13.8 Å². The molecule has 2 N–H and O–H groups in total. The lowest BCUT2D eigenvalue weighted by molar-refractivity contribution is 0.262. The van der Waals surface area contributed by atoms with Crippen molar-refractivity contribution >= 4 is 28.2 Å². The highest BCUT2D eigenvalue weighted by molar-refractivity contribution is 7.14. The van der Waals surface area contributed by atoms with Crippen LogP contribution in [0.4, 0.5) is 15.6 Å². The van der Waals surface area contributed by atoms with E-state index in [1.807, 2.05) is 67.8 Å². The van der Waals surface area contributed by atoms with Gasteiger partial charge in [-0.3, -0.25) is 5.32 Å². The molecule has 0 fully saturated rings. The Hall–Kier alpha value is -2.66. The van der Waals surface area contributed by atoms with Crippen molar-refractivity contribution in [2.24, 2.45) is 0 Å². The highest BCUT2D eigenvalue weighted by Gasteiger charge is 2.08. The predicted octanol–water partition coefficient (Wildman–Crippen LogP) is 5.07. The molecule has 0 saturated heterocycles. The number of nitrogens with zero attached hydrogens (tertiary/aromatic N) is 1. The molecule has 0 aliphatic carbocycles. The maximum atomic E-state index is 12.0. The van der Waals surface area contributed by atoms with Crippen LogP contribution in [0.3, 0.4) is 0 Å². The molecule has 0 bridgehead atoms. The Bertz CT molecular complexity index is 824. The van der Waals surface area contributed by atoms with Crippen molar-refractivity contribution in [1.82, 2.24) is 4.98 Å². The zero-order valence-electron chi connectivity index (χ0n) is 13.0. The Morgan fingerprint density at radius 2 is 1.78 bits per heavy atom. The summed E-state index contributed by atoms with van der Waals surface area (Å²) in [5.41, 5.74) is 4.97. The molecule has 2 aromatic carbocycles. The van der Waals surface area contributed by atoms with Gasteiger partial charge in [0.1, 0.15) is 0 Å². The van der Waals surface area contributed by atoms with E-state index in [1.54, 1.807) is 0 Å². The third-order valence-electron chi connectivity index (χ3n) is 3.35. The van der Waals surface area contributed by atoms with E-state index in [0.717, 1.165) is 22.5 Å². The minimum atomic E-state index is -0.291. The average Bonchev–Trinajstić information content (AvgIpc) is 2.96. The van der Waals surface area contributed by atoms with Crippen LogP contribution in [0.2, 0.25) is 0 Å². The molecular weight excluding hydrogens is 306 g/mol. The van der Waals surface area contributed by atoms with Gasteiger partial charge in [-0.05, 0) is 31.5 Å². The van der Waals surface area contributed by atoms with Crippen molar-refractivity contribution in [2.75, 3.05) is 10.6 Å². The fourth-order valence-corrected chi connectivity index (χ4v) is 2.89. The van der Waals surface area contributed by atoms with Crippen molar-refractivity contribution in [1.29, 1.82) is 0 Å². The van der Waals surface area contributed by atoms with E-state index in [4.69, 9.17) is 0 Å². The summed E-state index contributed by atoms with van der Waals surface area (Å²) in [7, 11) is 0. The monoisotopic (exact) mass is 323 g/mol. The molecule has 0 radical (unpaired) electrons. The normalized spacial score (nSPS) is 10.3. The summed E-state index contributed by atoms with van der Waals surface area (Å²) in [4.78, 5) is 16.5. The maximum absolute atomic E-state index is 12.0. The van der Waals surface area contributed by atoms with Crippen LogP contribution in [0.15, 0.2) is 53.9 Å². The average molecular weight is 323 g/mol. The number of nitrogens with one attached hydrogen (secondary N) is 2. The van der Waals surface area contributed by atoms with Gasteiger partial charge in [-0.15, -0.1) is 11.3 Å². The van der Waals surface area contributed by atoms with Crippen molar-refractivity contribution in [3.8, 4) is 11.3 Å². The maximum Gasteiger partial charge on any atom is 0.325 e. The van der Waals surface area contributed by atoms with E-state index in [2.05, 4.69) is 15.6 Å². The molecule has 4 nitrogen and oxygen atoms in total. The lowest BCUT2D eigenvalue weighted by atomic mass is 10.1. The molecule has 3 rings (SSSR count). The Balaban J connectivity index is 1.66. The Labute approximate surface area is 139 Å². The van der Waals surface area contributed by atoms with Gasteiger partial charge >= 0.3 is 6.03 Å². The molecule has 1 aromatic heterocycles. The number of aromatic nitrogens is 1. The van der Waals surface area contributed by atoms with Crippen LogP contribution in [-0.2, 0) is 0 Å². The van der Waals surface area contributed by atoms with E-state index >= 15 is 0 Å². The van der Waals surface area contributed by atoms with Gasteiger partial charge in [0, 0.05) is 16.6 Å². The van der Waals surface area contributed by atoms with Crippen LogP contribution < -0.4 is 10.6 Å². The molecule has 116 valence electrons. The molecule has 23 heavy (non-hydrogen) atoms. The minimum Gasteiger partial charge on any atom is -0.308 e. The number of carbonyl (C=O) groups excluding carboxylic acids is 1. The number of rotatable bonds is 3. The second-order valence-corrected chi connectivity index (χ2v) is 6.21. The molecule has 0 aliphatic rings. The number of benzene rings is 2. The summed E-state index contributed by atoms with van der Waals surface area (Å²) in [6.07, 6.45) is 0. The first-order chi connectivity index (χ1) is 11.1. The summed E-state index contributed by atoms with van der Waals surface area (Å²) in [5.74, 6) is 0. The lowest BCUT2D eigenvalue weighted by Gasteiger charge is -2.05. The molecule has 3 aromatic rings. The van der Waals surface area contributed by atoms with Gasteiger partial charge in [-0.2, -0.15) is 0 Å². The first-order valence-electron chi connectivity index (χ1n) is 7.27. The Morgan fingerprint density at radius 3 is 2.52 bits per heavy atom. The van der Waals surface area contributed by atoms with Gasteiger partial charge in [-0.1, -0.05) is 42.0 Å². The largest absolute Gasteiger partial charge is 0.325 e. The summed E-state index contributed by atoms with van der Waals surface area (Å²) in [6, 6.07) is 15.5. The van der Waals surface area contributed by atoms with Crippen LogP contribution in [-0.4, -0.2) is 11.0 Å². The van der Waals surface area contributed by atoms with Gasteiger partial charge in [0.05, 0.1) is 5.69 Å². The second kappa shape index (κ2) is 6.62. The highest BCUT2D eigenvalue weighted by atomic mass is 32.1. The van der Waals surface area contributed by atoms with Gasteiger partial charge in [0.25, 0.3) is 0 Å². The van der Waals surface area contributed by atoms with Gasteiger partial charge in [0.15, 0.2) is 5.13 Å². The molecule has 0 spiro atoms. The SMILES string of the molecule is Cc1ccc(-c2csc(NC(=O)Nc3cccc(C)c3)n2)cc1. The first kappa shape index (κ1) is 15.2. The number of thiazole rings is 1. The lowest BCUT2D eigenvalue weighted by Crippen LogP contribution is -2.19. The minimum absolute atomic E-state index is 0.291. The number of hydrogen-bond donors (Lipinski definition) is 2. The van der Waals surface area contributed by atoms with E-state index in [0.29, 0.717) is 5.13 Å². The smallest absolute Gasteiger partial charge is 0.308 e. The van der Waals surface area contributed by atoms with Crippen LogP contribution in [0.1, 0.15) is 11.1 Å². The van der Waals surface area contributed by atoms with E-state index in [1.165, 1.54) is 16.9 Å². The summed E-state index contributed by atoms with van der Waals surface area (Å²) in [6.45, 7) is 4.03. The standard InChI is InChI=1S/C18H17N3OS/c1-12-6-8-14(9-7-12)16-11-23-18(20-16)21-17(22)19-15-5-3-4-13(2)10-15/h3-11H,1-2H3,(H2,19,20,21,22). The second-order valence-electron chi connectivity index (χ2n) is 5.35. The predicted molar refractivity (Wildman–Crippen MR) is 96.1 cm³/mol. The van der Waals surface area contributed by atoms with Crippen molar-refractivity contribution in [3.05, 3.63) is 65.0 Å². The zero-order chi connectivity index (χ0) is 16.2. The molecule has 0 saturated carbocycles. The van der Waals surface area contributed by atoms with Crippen LogP contribution in [0.25, 0.3) is 11.3 Å². The van der Waals surface area contributed by atoms with Crippen LogP contribution in [0.5, 0.6) is 0 Å². The molecule has 2 amide bonds. The first-order valence-corrected chi connectivity index (χ1v) is 8.15. The van der Waals surface area contributed by atoms with E-state index in [9.17, 15) is 4.79 Å². The zero-order valence-corrected chi connectivity index (χ0v) is 13.8. The summed E-state index contributed by atoms with van der Waals surface area (Å²) in [5, 5.41) is 8.09. The fraction of sp³-hybridized carbons (Fsp3) is 0.111. The molecule has 0 unspecified atom stereocenters. The topological polar surface area (TPSA) is 54.0 Å². The Kier molecular flexibility index (Phi) is 4.39. The van der Waals surface area contributed by atoms with Gasteiger partial charge < -0.3 is 5.32 Å². The number of hydrogen-bond acceptors (Lipinski definition) is 3. The van der Waals surface area contributed by atoms with E-state index < -0.39 is 0 Å². The Morgan fingerprint density at radius 1 is 1.00 bits per heavy atom. The molecule has 0 atom stereocenters. The summed E-state index contributed by atoms with van der Waals surface area (Å²) >= 11 is 1.41. The van der Waals surface area contributed by atoms with Crippen molar-refractivity contribution in [2.45, 2.75) is 13.8 Å². The molecule has 5 heteroatoms. The van der Waals surface area contributed by atoms with Gasteiger partial charge in [0.2, 0.25) is 0 Å². The fourth-order valence-electron chi connectivity index (χ4n) is 2.17. The number of amides is 2. The quantitative estimate of drug-likeness (QED) is 0.707. The number of anilines is 2. The molecular formula is C18H17N3OS. The third kappa shape index (κ3) is 3.96. The van der Waals surface area contributed by atoms with Crippen molar-refractivity contribution < 1.29 is 4.79 Å². The number of urea groups is 1. The van der Waals surface area contributed by atoms with Crippen LogP contribution >= 0.6 is 11.3 Å².